The third kappa shape index (κ3) is 3.34. The van der Waals surface area contributed by atoms with Gasteiger partial charge in [0.2, 0.25) is 5.91 Å². The lowest BCUT2D eigenvalue weighted by atomic mass is 10.2. The van der Waals surface area contributed by atoms with Gasteiger partial charge in [0.15, 0.2) is 0 Å². The SMILES string of the molecule is Cc1cc(Br)cc(NC(=O)CC2CC2)c1. The van der Waals surface area contributed by atoms with Crippen LogP contribution in [-0.2, 0) is 4.79 Å². The zero-order valence-electron chi connectivity index (χ0n) is 8.72. The first kappa shape index (κ1) is 10.7. The summed E-state index contributed by atoms with van der Waals surface area (Å²) in [7, 11) is 0. The van der Waals surface area contributed by atoms with Crippen molar-refractivity contribution in [2.75, 3.05) is 5.32 Å². The minimum atomic E-state index is 0.134. The number of carbonyl (C=O) groups excluding carboxylic acids is 1. The number of hydrogen-bond donors (Lipinski definition) is 1. The van der Waals surface area contributed by atoms with Crippen LogP contribution in [0.4, 0.5) is 5.69 Å². The predicted octanol–water partition coefficient (Wildman–Crippen LogP) is 3.50. The third-order valence-electron chi connectivity index (χ3n) is 2.50. The summed E-state index contributed by atoms with van der Waals surface area (Å²) in [4.78, 5) is 11.6. The molecule has 1 aliphatic rings. The second-order valence-electron chi connectivity index (χ2n) is 4.21. The van der Waals surface area contributed by atoms with Gasteiger partial charge >= 0.3 is 0 Å². The molecule has 80 valence electrons. The lowest BCUT2D eigenvalue weighted by Gasteiger charge is -2.06. The van der Waals surface area contributed by atoms with E-state index in [1.807, 2.05) is 25.1 Å². The first-order valence-corrected chi connectivity index (χ1v) is 6.00. The fraction of sp³-hybridized carbons (Fsp3) is 0.417. The van der Waals surface area contributed by atoms with Gasteiger partial charge in [0.25, 0.3) is 0 Å². The summed E-state index contributed by atoms with van der Waals surface area (Å²) in [6.45, 7) is 2.02. The number of rotatable bonds is 3. The molecule has 0 unspecified atom stereocenters. The van der Waals surface area contributed by atoms with E-state index < -0.39 is 0 Å². The van der Waals surface area contributed by atoms with Crippen molar-refractivity contribution in [1.29, 1.82) is 0 Å². The van der Waals surface area contributed by atoms with Crippen LogP contribution in [-0.4, -0.2) is 5.91 Å². The molecule has 0 atom stereocenters. The highest BCUT2D eigenvalue weighted by atomic mass is 79.9. The van der Waals surface area contributed by atoms with Gasteiger partial charge in [0.1, 0.15) is 0 Å². The molecular formula is C12H14BrNO. The summed E-state index contributed by atoms with van der Waals surface area (Å²) in [5.74, 6) is 0.772. The third-order valence-corrected chi connectivity index (χ3v) is 2.95. The molecule has 0 heterocycles. The summed E-state index contributed by atoms with van der Waals surface area (Å²) < 4.78 is 1.00. The van der Waals surface area contributed by atoms with Gasteiger partial charge in [-0.1, -0.05) is 15.9 Å². The van der Waals surface area contributed by atoms with Crippen molar-refractivity contribution in [2.24, 2.45) is 5.92 Å². The van der Waals surface area contributed by atoms with E-state index in [4.69, 9.17) is 0 Å². The van der Waals surface area contributed by atoms with Crippen LogP contribution in [0.1, 0.15) is 24.8 Å². The summed E-state index contributed by atoms with van der Waals surface area (Å²) >= 11 is 3.41. The van der Waals surface area contributed by atoms with Gasteiger partial charge in [0.05, 0.1) is 0 Å². The number of amides is 1. The van der Waals surface area contributed by atoms with E-state index in [0.29, 0.717) is 12.3 Å². The van der Waals surface area contributed by atoms with Gasteiger partial charge in [-0.2, -0.15) is 0 Å². The number of carbonyl (C=O) groups is 1. The Morgan fingerprint density at radius 2 is 2.20 bits per heavy atom. The summed E-state index contributed by atoms with van der Waals surface area (Å²) in [6, 6.07) is 5.93. The molecule has 1 amide bonds. The molecule has 2 rings (SSSR count). The van der Waals surface area contributed by atoms with Crippen molar-refractivity contribution in [3.8, 4) is 0 Å². The molecule has 1 aromatic rings. The number of aryl methyl sites for hydroxylation is 1. The van der Waals surface area contributed by atoms with Gasteiger partial charge in [0, 0.05) is 16.6 Å². The predicted molar refractivity (Wildman–Crippen MR) is 64.8 cm³/mol. The van der Waals surface area contributed by atoms with E-state index in [-0.39, 0.29) is 5.91 Å². The van der Waals surface area contributed by atoms with Crippen molar-refractivity contribution >= 4 is 27.5 Å². The molecule has 3 heteroatoms. The van der Waals surface area contributed by atoms with Crippen molar-refractivity contribution in [1.82, 2.24) is 0 Å². The van der Waals surface area contributed by atoms with Crippen molar-refractivity contribution in [3.63, 3.8) is 0 Å². The molecular weight excluding hydrogens is 254 g/mol. The molecule has 1 aromatic carbocycles. The Hall–Kier alpha value is -0.830. The van der Waals surface area contributed by atoms with Gasteiger partial charge in [-0.05, 0) is 49.4 Å². The second-order valence-corrected chi connectivity index (χ2v) is 5.13. The van der Waals surface area contributed by atoms with E-state index in [1.54, 1.807) is 0 Å². The van der Waals surface area contributed by atoms with Gasteiger partial charge < -0.3 is 5.32 Å². The van der Waals surface area contributed by atoms with Crippen LogP contribution in [0.25, 0.3) is 0 Å². The second kappa shape index (κ2) is 4.35. The first-order chi connectivity index (χ1) is 7.13. The van der Waals surface area contributed by atoms with E-state index in [0.717, 1.165) is 15.7 Å². The van der Waals surface area contributed by atoms with Crippen LogP contribution in [0.15, 0.2) is 22.7 Å². The van der Waals surface area contributed by atoms with E-state index in [1.165, 1.54) is 12.8 Å². The molecule has 0 aliphatic heterocycles. The van der Waals surface area contributed by atoms with Gasteiger partial charge in [-0.3, -0.25) is 4.79 Å². The zero-order valence-corrected chi connectivity index (χ0v) is 10.3. The molecule has 0 spiro atoms. The van der Waals surface area contributed by atoms with Crippen molar-refractivity contribution in [2.45, 2.75) is 26.2 Å². The quantitative estimate of drug-likeness (QED) is 0.893. The molecule has 15 heavy (non-hydrogen) atoms. The van der Waals surface area contributed by atoms with Crippen molar-refractivity contribution in [3.05, 3.63) is 28.2 Å². The summed E-state index contributed by atoms with van der Waals surface area (Å²) in [6.07, 6.45) is 3.10. The highest BCUT2D eigenvalue weighted by Gasteiger charge is 2.24. The summed E-state index contributed by atoms with van der Waals surface area (Å²) in [5, 5.41) is 2.93. The fourth-order valence-electron chi connectivity index (χ4n) is 1.60. The number of benzene rings is 1. The lowest BCUT2D eigenvalue weighted by Crippen LogP contribution is -2.11. The smallest absolute Gasteiger partial charge is 0.224 e. The van der Waals surface area contributed by atoms with Crippen LogP contribution >= 0.6 is 15.9 Å². The van der Waals surface area contributed by atoms with E-state index in [9.17, 15) is 4.79 Å². The van der Waals surface area contributed by atoms with Gasteiger partial charge in [-0.25, -0.2) is 0 Å². The molecule has 1 N–H and O–H groups in total. The maximum absolute atomic E-state index is 11.6. The molecule has 1 aliphatic carbocycles. The molecule has 0 bridgehead atoms. The van der Waals surface area contributed by atoms with Crippen LogP contribution in [0.3, 0.4) is 0 Å². The Balaban J connectivity index is 1.99. The highest BCUT2D eigenvalue weighted by Crippen LogP contribution is 2.32. The average molecular weight is 268 g/mol. The molecule has 0 aromatic heterocycles. The number of anilines is 1. The molecule has 0 saturated heterocycles. The van der Waals surface area contributed by atoms with Crippen LogP contribution in [0.2, 0.25) is 0 Å². The first-order valence-electron chi connectivity index (χ1n) is 5.20. The fourth-order valence-corrected chi connectivity index (χ4v) is 2.21. The Morgan fingerprint density at radius 1 is 1.47 bits per heavy atom. The number of halogens is 1. The minimum absolute atomic E-state index is 0.134. The molecule has 1 saturated carbocycles. The Kier molecular flexibility index (Phi) is 3.10. The monoisotopic (exact) mass is 267 g/mol. The Bertz CT molecular complexity index is 365. The van der Waals surface area contributed by atoms with E-state index in [2.05, 4.69) is 21.2 Å². The normalized spacial score (nSPS) is 15.1. The lowest BCUT2D eigenvalue weighted by molar-refractivity contribution is -0.116. The highest BCUT2D eigenvalue weighted by molar-refractivity contribution is 9.10. The van der Waals surface area contributed by atoms with E-state index >= 15 is 0 Å². The topological polar surface area (TPSA) is 29.1 Å². The maximum atomic E-state index is 11.6. The number of nitrogens with one attached hydrogen (secondary N) is 1. The van der Waals surface area contributed by atoms with Gasteiger partial charge in [-0.15, -0.1) is 0 Å². The molecule has 1 fully saturated rings. The average Bonchev–Trinajstić information content (AvgIpc) is 2.85. The largest absolute Gasteiger partial charge is 0.326 e. The zero-order chi connectivity index (χ0) is 10.8. The van der Waals surface area contributed by atoms with Crippen LogP contribution in [0.5, 0.6) is 0 Å². The van der Waals surface area contributed by atoms with Crippen molar-refractivity contribution < 1.29 is 4.79 Å². The molecule has 2 nitrogen and oxygen atoms in total. The van der Waals surface area contributed by atoms with Crippen LogP contribution in [0, 0.1) is 12.8 Å². The van der Waals surface area contributed by atoms with Crippen LogP contribution < -0.4 is 5.32 Å². The summed E-state index contributed by atoms with van der Waals surface area (Å²) in [5.41, 5.74) is 2.03. The minimum Gasteiger partial charge on any atom is -0.326 e. The maximum Gasteiger partial charge on any atom is 0.224 e. The Morgan fingerprint density at radius 3 is 2.80 bits per heavy atom. The standard InChI is InChI=1S/C12H14BrNO/c1-8-4-10(13)7-11(5-8)14-12(15)6-9-2-3-9/h4-5,7,9H,2-3,6H2,1H3,(H,14,15). The number of hydrogen-bond acceptors (Lipinski definition) is 1. The molecule has 0 radical (unpaired) electrons. The Labute approximate surface area is 98.2 Å².